The van der Waals surface area contributed by atoms with Crippen molar-refractivity contribution >= 4 is 0 Å². The highest BCUT2D eigenvalue weighted by Crippen LogP contribution is 2.19. The monoisotopic (exact) mass is 281 g/mol. The van der Waals surface area contributed by atoms with Crippen molar-refractivity contribution in [1.82, 2.24) is 15.1 Å². The van der Waals surface area contributed by atoms with Gasteiger partial charge in [-0.2, -0.15) is 5.10 Å². The molecule has 116 valence electrons. The fourth-order valence-corrected chi connectivity index (χ4v) is 2.41. The molecule has 1 aromatic heterocycles. The molecule has 0 fully saturated rings. The molecule has 0 aliphatic heterocycles. The molecule has 2 unspecified atom stereocenters. The minimum absolute atomic E-state index is 0.190. The minimum atomic E-state index is -0.190. The molecular formula is C16H31N3O. The topological polar surface area (TPSA) is 39.1 Å². The second-order valence-electron chi connectivity index (χ2n) is 5.90. The van der Waals surface area contributed by atoms with Gasteiger partial charge in [0.2, 0.25) is 0 Å². The van der Waals surface area contributed by atoms with Crippen molar-refractivity contribution in [3.63, 3.8) is 0 Å². The molecule has 0 saturated carbocycles. The van der Waals surface area contributed by atoms with Crippen LogP contribution in [-0.4, -0.2) is 34.6 Å². The summed E-state index contributed by atoms with van der Waals surface area (Å²) in [5.74, 6) is 0. The molecule has 1 aromatic rings. The van der Waals surface area contributed by atoms with Gasteiger partial charge < -0.3 is 10.1 Å². The first-order valence-corrected chi connectivity index (χ1v) is 7.85. The Morgan fingerprint density at radius 2 is 2.05 bits per heavy atom. The Kier molecular flexibility index (Phi) is 6.69. The lowest BCUT2D eigenvalue weighted by Gasteiger charge is -2.34. The van der Waals surface area contributed by atoms with Gasteiger partial charge >= 0.3 is 0 Å². The van der Waals surface area contributed by atoms with Crippen molar-refractivity contribution in [2.45, 2.75) is 72.1 Å². The number of rotatable bonds is 9. The van der Waals surface area contributed by atoms with Gasteiger partial charge in [0.25, 0.3) is 0 Å². The third-order valence-corrected chi connectivity index (χ3v) is 3.93. The molecule has 0 aromatic carbocycles. The maximum Gasteiger partial charge on any atom is 0.0782 e. The largest absolute Gasteiger partial charge is 0.374 e. The molecule has 0 aliphatic rings. The molecule has 1 N–H and O–H groups in total. The van der Waals surface area contributed by atoms with E-state index in [4.69, 9.17) is 9.84 Å². The minimum Gasteiger partial charge on any atom is -0.374 e. The number of hydrogen-bond donors (Lipinski definition) is 1. The average Bonchev–Trinajstić information content (AvgIpc) is 2.86. The van der Waals surface area contributed by atoms with Crippen molar-refractivity contribution in [2.75, 3.05) is 13.2 Å². The zero-order valence-corrected chi connectivity index (χ0v) is 13.9. The van der Waals surface area contributed by atoms with Crippen LogP contribution in [0.1, 0.15) is 59.7 Å². The zero-order chi connectivity index (χ0) is 15.2. The van der Waals surface area contributed by atoms with Crippen molar-refractivity contribution in [3.05, 3.63) is 18.0 Å². The molecule has 0 aliphatic carbocycles. The fourth-order valence-electron chi connectivity index (χ4n) is 2.41. The quantitative estimate of drug-likeness (QED) is 0.755. The number of hydrogen-bond acceptors (Lipinski definition) is 3. The van der Waals surface area contributed by atoms with E-state index in [9.17, 15) is 0 Å². The van der Waals surface area contributed by atoms with Crippen molar-refractivity contribution < 1.29 is 4.74 Å². The van der Waals surface area contributed by atoms with Gasteiger partial charge in [-0.05, 0) is 46.7 Å². The predicted molar refractivity (Wildman–Crippen MR) is 84.1 cm³/mol. The van der Waals surface area contributed by atoms with E-state index in [1.165, 1.54) is 0 Å². The number of nitrogens with one attached hydrogen (secondary N) is 1. The van der Waals surface area contributed by atoms with Gasteiger partial charge in [0.05, 0.1) is 11.3 Å². The SMILES string of the molecule is CCNC(Cc1ccn(C(C)CC)n1)C(C)(C)OCC. The van der Waals surface area contributed by atoms with Gasteiger partial charge in [-0.3, -0.25) is 4.68 Å². The standard InChI is InChI=1S/C16H31N3O/c1-7-13(4)19-11-10-14(18-19)12-15(17-8-2)16(5,6)20-9-3/h10-11,13,15,17H,7-9,12H2,1-6H3. The summed E-state index contributed by atoms with van der Waals surface area (Å²) in [7, 11) is 0. The molecule has 2 atom stereocenters. The van der Waals surface area contributed by atoms with E-state index in [2.05, 4.69) is 56.9 Å². The predicted octanol–water partition coefficient (Wildman–Crippen LogP) is 3.19. The van der Waals surface area contributed by atoms with Gasteiger partial charge in [-0.15, -0.1) is 0 Å². The second-order valence-corrected chi connectivity index (χ2v) is 5.90. The summed E-state index contributed by atoms with van der Waals surface area (Å²) in [4.78, 5) is 0. The molecule has 1 heterocycles. The molecule has 0 radical (unpaired) electrons. The van der Waals surface area contributed by atoms with Crippen molar-refractivity contribution in [3.8, 4) is 0 Å². The Labute approximate surface area is 123 Å². The van der Waals surface area contributed by atoms with E-state index in [0.717, 1.165) is 31.7 Å². The third kappa shape index (κ3) is 4.60. The maximum atomic E-state index is 5.89. The van der Waals surface area contributed by atoms with Gasteiger partial charge in [0, 0.05) is 31.3 Å². The van der Waals surface area contributed by atoms with Crippen LogP contribution in [-0.2, 0) is 11.2 Å². The molecule has 4 heteroatoms. The first kappa shape index (κ1) is 17.2. The van der Waals surface area contributed by atoms with Crippen molar-refractivity contribution in [1.29, 1.82) is 0 Å². The second kappa shape index (κ2) is 7.79. The van der Waals surface area contributed by atoms with E-state index in [1.54, 1.807) is 0 Å². The number of ether oxygens (including phenoxy) is 1. The van der Waals surface area contributed by atoms with Crippen LogP contribution in [0.3, 0.4) is 0 Å². The van der Waals surface area contributed by atoms with Crippen LogP contribution in [0.15, 0.2) is 12.3 Å². The Morgan fingerprint density at radius 3 is 2.60 bits per heavy atom. The summed E-state index contributed by atoms with van der Waals surface area (Å²) in [6, 6.07) is 2.85. The Bertz CT molecular complexity index is 387. The summed E-state index contributed by atoms with van der Waals surface area (Å²) in [6.45, 7) is 14.5. The zero-order valence-electron chi connectivity index (χ0n) is 13.9. The third-order valence-electron chi connectivity index (χ3n) is 3.93. The van der Waals surface area contributed by atoms with Crippen LogP contribution in [0, 0.1) is 0 Å². The normalized spacial score (nSPS) is 15.3. The highest BCUT2D eigenvalue weighted by Gasteiger charge is 2.30. The first-order valence-electron chi connectivity index (χ1n) is 7.85. The molecule has 0 bridgehead atoms. The Morgan fingerprint density at radius 1 is 1.35 bits per heavy atom. The summed E-state index contributed by atoms with van der Waals surface area (Å²) in [5, 5.41) is 8.23. The summed E-state index contributed by atoms with van der Waals surface area (Å²) in [6.07, 6.45) is 4.08. The number of likely N-dealkylation sites (N-methyl/N-ethyl adjacent to an activating group) is 1. The fraction of sp³-hybridized carbons (Fsp3) is 0.812. The Balaban J connectivity index is 2.77. The van der Waals surface area contributed by atoms with Crippen LogP contribution in [0.5, 0.6) is 0 Å². The van der Waals surface area contributed by atoms with Gasteiger partial charge in [0.15, 0.2) is 0 Å². The van der Waals surface area contributed by atoms with Gasteiger partial charge in [0.1, 0.15) is 0 Å². The van der Waals surface area contributed by atoms with E-state index in [-0.39, 0.29) is 11.6 Å². The molecule has 4 nitrogen and oxygen atoms in total. The van der Waals surface area contributed by atoms with Gasteiger partial charge in [-0.1, -0.05) is 13.8 Å². The van der Waals surface area contributed by atoms with Crippen LogP contribution in [0.2, 0.25) is 0 Å². The lowest BCUT2D eigenvalue weighted by molar-refractivity contribution is -0.0379. The summed E-state index contributed by atoms with van der Waals surface area (Å²) < 4.78 is 7.96. The van der Waals surface area contributed by atoms with E-state index < -0.39 is 0 Å². The molecule has 1 rings (SSSR count). The molecule has 20 heavy (non-hydrogen) atoms. The highest BCUT2D eigenvalue weighted by molar-refractivity contribution is 5.05. The lowest BCUT2D eigenvalue weighted by atomic mass is 9.94. The summed E-state index contributed by atoms with van der Waals surface area (Å²) >= 11 is 0. The number of nitrogens with zero attached hydrogens (tertiary/aromatic N) is 2. The molecule has 0 spiro atoms. The first-order chi connectivity index (χ1) is 9.44. The highest BCUT2D eigenvalue weighted by atomic mass is 16.5. The molecule has 0 saturated heterocycles. The van der Waals surface area contributed by atoms with Crippen LogP contribution in [0.4, 0.5) is 0 Å². The molecule has 0 amide bonds. The van der Waals surface area contributed by atoms with Crippen LogP contribution >= 0.6 is 0 Å². The van der Waals surface area contributed by atoms with Crippen LogP contribution < -0.4 is 5.32 Å². The van der Waals surface area contributed by atoms with E-state index in [1.807, 2.05) is 6.92 Å². The lowest BCUT2D eigenvalue weighted by Crippen LogP contribution is -2.50. The molecular weight excluding hydrogens is 250 g/mol. The average molecular weight is 281 g/mol. The smallest absolute Gasteiger partial charge is 0.0782 e. The summed E-state index contributed by atoms with van der Waals surface area (Å²) in [5.41, 5.74) is 0.939. The Hall–Kier alpha value is -0.870. The van der Waals surface area contributed by atoms with Crippen LogP contribution in [0.25, 0.3) is 0 Å². The van der Waals surface area contributed by atoms with E-state index >= 15 is 0 Å². The van der Waals surface area contributed by atoms with E-state index in [0.29, 0.717) is 6.04 Å². The van der Waals surface area contributed by atoms with Crippen molar-refractivity contribution in [2.24, 2.45) is 0 Å². The number of aromatic nitrogens is 2. The maximum absolute atomic E-state index is 5.89. The van der Waals surface area contributed by atoms with Gasteiger partial charge in [-0.25, -0.2) is 0 Å².